The molecule has 31 heavy (non-hydrogen) atoms. The molecule has 0 saturated heterocycles. The molecule has 8 heteroatoms. The third-order valence-corrected chi connectivity index (χ3v) is 5.11. The zero-order valence-electron chi connectivity index (χ0n) is 16.8. The third-order valence-electron chi connectivity index (χ3n) is 4.61. The average Bonchev–Trinajstić information content (AvgIpc) is 2.79. The summed E-state index contributed by atoms with van der Waals surface area (Å²) in [4.78, 5) is 13.1. The zero-order chi connectivity index (χ0) is 22.4. The van der Waals surface area contributed by atoms with Crippen molar-refractivity contribution in [2.45, 2.75) is 5.60 Å². The van der Waals surface area contributed by atoms with Gasteiger partial charge >= 0.3 is 0 Å². The summed E-state index contributed by atoms with van der Waals surface area (Å²) < 4.78 is 10.4. The minimum absolute atomic E-state index is 0.329. The Hall–Kier alpha value is -3.06. The molecule has 1 amide bonds. The van der Waals surface area contributed by atoms with Crippen molar-refractivity contribution < 1.29 is 19.4 Å². The van der Waals surface area contributed by atoms with E-state index in [-0.39, 0.29) is 0 Å². The Labute approximate surface area is 190 Å². The first-order chi connectivity index (χ1) is 14.9. The Morgan fingerprint density at radius 3 is 1.77 bits per heavy atom. The van der Waals surface area contributed by atoms with E-state index in [9.17, 15) is 9.90 Å². The van der Waals surface area contributed by atoms with Gasteiger partial charge in [0.2, 0.25) is 0 Å². The van der Waals surface area contributed by atoms with E-state index in [1.54, 1.807) is 66.7 Å². The van der Waals surface area contributed by atoms with Crippen molar-refractivity contribution in [2.24, 2.45) is 5.10 Å². The van der Waals surface area contributed by atoms with Crippen LogP contribution in [0.3, 0.4) is 0 Å². The summed E-state index contributed by atoms with van der Waals surface area (Å²) in [7, 11) is 3.08. The lowest BCUT2D eigenvalue weighted by molar-refractivity contribution is -0.136. The van der Waals surface area contributed by atoms with Crippen LogP contribution in [0.1, 0.15) is 16.7 Å². The smallest absolute Gasteiger partial charge is 0.281 e. The van der Waals surface area contributed by atoms with Crippen molar-refractivity contribution in [3.05, 3.63) is 93.5 Å². The van der Waals surface area contributed by atoms with Gasteiger partial charge in [0.05, 0.1) is 20.4 Å². The van der Waals surface area contributed by atoms with E-state index in [1.807, 2.05) is 0 Å². The highest BCUT2D eigenvalue weighted by Gasteiger charge is 2.40. The number of aliphatic hydroxyl groups is 1. The number of amides is 1. The number of nitrogens with one attached hydrogen (secondary N) is 1. The number of benzene rings is 3. The van der Waals surface area contributed by atoms with E-state index in [4.69, 9.17) is 32.7 Å². The summed E-state index contributed by atoms with van der Waals surface area (Å²) in [6.45, 7) is 0. The number of rotatable bonds is 7. The zero-order valence-corrected chi connectivity index (χ0v) is 18.3. The highest BCUT2D eigenvalue weighted by atomic mass is 35.5. The van der Waals surface area contributed by atoms with Crippen LogP contribution in [0.15, 0.2) is 71.8 Å². The van der Waals surface area contributed by atoms with Crippen LogP contribution in [-0.4, -0.2) is 31.4 Å². The second-order valence-corrected chi connectivity index (χ2v) is 7.44. The number of hydrazone groups is 1. The summed E-state index contributed by atoms with van der Waals surface area (Å²) in [6, 6.07) is 17.9. The Kier molecular flexibility index (Phi) is 7.17. The predicted molar refractivity (Wildman–Crippen MR) is 121 cm³/mol. The van der Waals surface area contributed by atoms with E-state index < -0.39 is 11.5 Å². The molecule has 6 nitrogen and oxygen atoms in total. The second-order valence-electron chi connectivity index (χ2n) is 6.57. The van der Waals surface area contributed by atoms with Crippen LogP contribution in [-0.2, 0) is 10.4 Å². The molecule has 0 atom stereocenters. The second kappa shape index (κ2) is 9.83. The number of hydrogen-bond donors (Lipinski definition) is 2. The fourth-order valence-electron chi connectivity index (χ4n) is 2.96. The van der Waals surface area contributed by atoms with Crippen LogP contribution < -0.4 is 14.9 Å². The van der Waals surface area contributed by atoms with Crippen molar-refractivity contribution in [1.29, 1.82) is 0 Å². The molecule has 160 valence electrons. The fourth-order valence-corrected chi connectivity index (χ4v) is 3.21. The average molecular weight is 459 g/mol. The normalized spacial score (nSPS) is 11.4. The monoisotopic (exact) mass is 458 g/mol. The molecule has 0 fully saturated rings. The van der Waals surface area contributed by atoms with Gasteiger partial charge in [0.25, 0.3) is 5.91 Å². The fraction of sp³-hybridized carbons (Fsp3) is 0.130. The minimum atomic E-state index is -2.02. The number of hydrogen-bond acceptors (Lipinski definition) is 5. The Morgan fingerprint density at radius 1 is 0.903 bits per heavy atom. The molecule has 0 spiro atoms. The molecule has 2 N–H and O–H groups in total. The highest BCUT2D eigenvalue weighted by molar-refractivity contribution is 6.30. The first-order valence-corrected chi connectivity index (χ1v) is 9.93. The number of carbonyl (C=O) groups excluding carboxylic acids is 1. The molecule has 0 heterocycles. The van der Waals surface area contributed by atoms with Gasteiger partial charge in [-0.1, -0.05) is 47.5 Å². The topological polar surface area (TPSA) is 80.2 Å². The molecule has 0 aliphatic heterocycles. The maximum Gasteiger partial charge on any atom is 0.281 e. The van der Waals surface area contributed by atoms with Gasteiger partial charge in [0.1, 0.15) is 11.5 Å². The quantitative estimate of drug-likeness (QED) is 0.406. The molecule has 0 radical (unpaired) electrons. The van der Waals surface area contributed by atoms with Gasteiger partial charge in [-0.3, -0.25) is 4.79 Å². The molecule has 0 bridgehead atoms. The van der Waals surface area contributed by atoms with E-state index in [0.29, 0.717) is 38.2 Å². The van der Waals surface area contributed by atoms with Gasteiger partial charge < -0.3 is 14.6 Å². The van der Waals surface area contributed by atoms with E-state index in [1.165, 1.54) is 20.4 Å². The van der Waals surface area contributed by atoms with Gasteiger partial charge in [0, 0.05) is 21.7 Å². The number of halogens is 2. The van der Waals surface area contributed by atoms with E-state index in [0.717, 1.165) is 0 Å². The SMILES string of the molecule is COc1cc(C=NNC(=O)C(O)(c2ccc(Cl)cc2)c2ccc(Cl)cc2)cc(OC)c1. The molecule has 0 aliphatic rings. The first kappa shape index (κ1) is 22.6. The lowest BCUT2D eigenvalue weighted by atomic mass is 9.85. The van der Waals surface area contributed by atoms with Crippen LogP contribution >= 0.6 is 23.2 Å². The van der Waals surface area contributed by atoms with Gasteiger partial charge in [-0.15, -0.1) is 0 Å². The molecular weight excluding hydrogens is 439 g/mol. The molecule has 3 aromatic carbocycles. The first-order valence-electron chi connectivity index (χ1n) is 9.18. The van der Waals surface area contributed by atoms with Crippen LogP contribution in [0.2, 0.25) is 10.0 Å². The lowest BCUT2D eigenvalue weighted by Gasteiger charge is -2.27. The number of methoxy groups -OCH3 is 2. The van der Waals surface area contributed by atoms with Crippen LogP contribution in [0.5, 0.6) is 11.5 Å². The summed E-state index contributed by atoms with van der Waals surface area (Å²) >= 11 is 11.9. The number of carbonyl (C=O) groups is 1. The molecule has 0 aromatic heterocycles. The number of nitrogens with zero attached hydrogens (tertiary/aromatic N) is 1. The van der Waals surface area contributed by atoms with Crippen molar-refractivity contribution in [3.8, 4) is 11.5 Å². The van der Waals surface area contributed by atoms with Crippen molar-refractivity contribution in [3.63, 3.8) is 0 Å². The van der Waals surface area contributed by atoms with Crippen LogP contribution in [0, 0.1) is 0 Å². The lowest BCUT2D eigenvalue weighted by Crippen LogP contribution is -2.43. The molecule has 0 unspecified atom stereocenters. The summed E-state index contributed by atoms with van der Waals surface area (Å²) in [5.74, 6) is 0.403. The van der Waals surface area contributed by atoms with Crippen molar-refractivity contribution in [2.75, 3.05) is 14.2 Å². The molecular formula is C23H20Cl2N2O4. The molecule has 0 saturated carbocycles. The van der Waals surface area contributed by atoms with Gasteiger partial charge in [-0.05, 0) is 47.5 Å². The predicted octanol–water partition coefficient (Wildman–Crippen LogP) is 4.40. The summed E-state index contributed by atoms with van der Waals surface area (Å²) in [6.07, 6.45) is 1.42. The Balaban J connectivity index is 1.91. The van der Waals surface area contributed by atoms with E-state index in [2.05, 4.69) is 10.5 Å². The molecule has 0 aliphatic carbocycles. The number of ether oxygens (including phenoxy) is 2. The van der Waals surface area contributed by atoms with Gasteiger partial charge in [-0.25, -0.2) is 5.43 Å². The van der Waals surface area contributed by atoms with Gasteiger partial charge in [0.15, 0.2) is 5.60 Å². The Bertz CT molecular complexity index is 1020. The van der Waals surface area contributed by atoms with Crippen LogP contribution in [0.25, 0.3) is 0 Å². The molecule has 3 rings (SSSR count). The van der Waals surface area contributed by atoms with Crippen molar-refractivity contribution in [1.82, 2.24) is 5.43 Å². The maximum absolute atomic E-state index is 13.1. The largest absolute Gasteiger partial charge is 0.497 e. The maximum atomic E-state index is 13.1. The summed E-state index contributed by atoms with van der Waals surface area (Å²) in [5, 5.41) is 16.4. The highest BCUT2D eigenvalue weighted by Crippen LogP contribution is 2.32. The Morgan fingerprint density at radius 2 is 1.35 bits per heavy atom. The standard InChI is InChI=1S/C23H20Cl2N2O4/c1-30-20-11-15(12-21(13-20)31-2)14-26-27-22(28)23(29,16-3-7-18(24)8-4-16)17-5-9-19(25)10-6-17/h3-14,29H,1-2H3,(H,27,28). The molecule has 3 aromatic rings. The summed E-state index contributed by atoms with van der Waals surface area (Å²) in [5.41, 5.74) is 1.68. The van der Waals surface area contributed by atoms with Crippen molar-refractivity contribution >= 4 is 35.3 Å². The minimum Gasteiger partial charge on any atom is -0.497 e. The third kappa shape index (κ3) is 5.17. The van der Waals surface area contributed by atoms with E-state index >= 15 is 0 Å². The van der Waals surface area contributed by atoms with Gasteiger partial charge in [-0.2, -0.15) is 5.10 Å². The van der Waals surface area contributed by atoms with Crippen LogP contribution in [0.4, 0.5) is 0 Å².